The zero-order valence-corrected chi connectivity index (χ0v) is 18.8. The van der Waals surface area contributed by atoms with Crippen molar-refractivity contribution in [2.24, 2.45) is 4.99 Å². The molecule has 178 valence electrons. The molecule has 0 aliphatic carbocycles. The maximum Gasteiger partial charge on any atom is 0.325 e. The van der Waals surface area contributed by atoms with E-state index in [-0.39, 0.29) is 18.2 Å². The number of benzene rings is 2. The van der Waals surface area contributed by atoms with Gasteiger partial charge >= 0.3 is 6.03 Å². The Morgan fingerprint density at radius 3 is 2.38 bits per heavy atom. The van der Waals surface area contributed by atoms with Crippen LogP contribution >= 0.6 is 0 Å². The number of piperazine rings is 1. The van der Waals surface area contributed by atoms with Crippen molar-refractivity contribution in [2.45, 2.75) is 25.3 Å². The molecule has 3 heterocycles. The normalized spacial score (nSPS) is 23.1. The SMILES string of the molecule is CN1C(=O)NC(=O)C2C1N=C(N1CCN(Cc3ccc(F)cc3)CC1)N2Cc1ccccc1F. The molecule has 1 N–H and O–H groups in total. The third-order valence-electron chi connectivity index (χ3n) is 6.61. The highest BCUT2D eigenvalue weighted by Gasteiger charge is 2.50. The van der Waals surface area contributed by atoms with Gasteiger partial charge in [-0.3, -0.25) is 15.0 Å². The lowest BCUT2D eigenvalue weighted by Gasteiger charge is -2.40. The van der Waals surface area contributed by atoms with Crippen LogP contribution in [0.25, 0.3) is 0 Å². The Morgan fingerprint density at radius 2 is 1.68 bits per heavy atom. The molecule has 2 aromatic rings. The largest absolute Gasteiger partial charge is 0.340 e. The molecule has 0 spiro atoms. The molecule has 34 heavy (non-hydrogen) atoms. The predicted molar refractivity (Wildman–Crippen MR) is 122 cm³/mol. The molecule has 2 unspecified atom stereocenters. The van der Waals surface area contributed by atoms with Crippen molar-refractivity contribution in [3.63, 3.8) is 0 Å². The van der Waals surface area contributed by atoms with Gasteiger partial charge in [0.25, 0.3) is 5.91 Å². The van der Waals surface area contributed by atoms with Crippen LogP contribution in [0.5, 0.6) is 0 Å². The molecule has 2 aromatic carbocycles. The second-order valence-electron chi connectivity index (χ2n) is 8.80. The van der Waals surface area contributed by atoms with Crippen LogP contribution in [0.2, 0.25) is 0 Å². The van der Waals surface area contributed by atoms with E-state index in [2.05, 4.69) is 15.1 Å². The molecule has 3 aliphatic rings. The topological polar surface area (TPSA) is 71.5 Å². The van der Waals surface area contributed by atoms with Crippen LogP contribution in [0.15, 0.2) is 53.5 Å². The summed E-state index contributed by atoms with van der Waals surface area (Å²) in [6.07, 6.45) is -0.666. The van der Waals surface area contributed by atoms with Crippen molar-refractivity contribution in [2.75, 3.05) is 33.2 Å². The van der Waals surface area contributed by atoms with Gasteiger partial charge in [-0.2, -0.15) is 0 Å². The maximum absolute atomic E-state index is 14.5. The van der Waals surface area contributed by atoms with Gasteiger partial charge in [-0.05, 0) is 23.8 Å². The van der Waals surface area contributed by atoms with Crippen LogP contribution in [0.1, 0.15) is 11.1 Å². The Labute approximate surface area is 196 Å². The van der Waals surface area contributed by atoms with Crippen molar-refractivity contribution in [3.8, 4) is 0 Å². The van der Waals surface area contributed by atoms with Crippen LogP contribution in [0, 0.1) is 11.6 Å². The van der Waals surface area contributed by atoms with E-state index in [0.29, 0.717) is 31.2 Å². The molecule has 0 bridgehead atoms. The number of imide groups is 1. The number of fused-ring (bicyclic) bond motifs is 1. The van der Waals surface area contributed by atoms with E-state index in [0.717, 1.165) is 18.7 Å². The molecule has 5 rings (SSSR count). The smallest absolute Gasteiger partial charge is 0.325 e. The van der Waals surface area contributed by atoms with E-state index < -0.39 is 24.1 Å². The van der Waals surface area contributed by atoms with Gasteiger partial charge in [-0.1, -0.05) is 30.3 Å². The fraction of sp³-hybridized carbons (Fsp3) is 0.375. The molecule has 3 amide bonds. The highest BCUT2D eigenvalue weighted by molar-refractivity contribution is 6.03. The molecule has 8 nitrogen and oxygen atoms in total. The van der Waals surface area contributed by atoms with Gasteiger partial charge in [0.15, 0.2) is 18.2 Å². The first-order valence-corrected chi connectivity index (χ1v) is 11.3. The zero-order valence-electron chi connectivity index (χ0n) is 18.8. The quantitative estimate of drug-likeness (QED) is 0.742. The monoisotopic (exact) mass is 468 g/mol. The summed E-state index contributed by atoms with van der Waals surface area (Å²) in [6.45, 7) is 3.70. The minimum absolute atomic E-state index is 0.165. The minimum atomic E-state index is -0.727. The zero-order chi connectivity index (χ0) is 23.8. The first-order chi connectivity index (χ1) is 16.4. The first kappa shape index (κ1) is 22.3. The van der Waals surface area contributed by atoms with Crippen LogP contribution < -0.4 is 5.32 Å². The number of nitrogens with zero attached hydrogens (tertiary/aromatic N) is 5. The van der Waals surface area contributed by atoms with Crippen molar-refractivity contribution in [1.82, 2.24) is 24.9 Å². The highest BCUT2D eigenvalue weighted by atomic mass is 19.1. The third-order valence-corrected chi connectivity index (χ3v) is 6.61. The Bertz CT molecular complexity index is 1120. The summed E-state index contributed by atoms with van der Waals surface area (Å²) >= 11 is 0. The lowest BCUT2D eigenvalue weighted by molar-refractivity contribution is -0.127. The highest BCUT2D eigenvalue weighted by Crippen LogP contribution is 2.28. The summed E-state index contributed by atoms with van der Waals surface area (Å²) in [5.41, 5.74) is 1.50. The summed E-state index contributed by atoms with van der Waals surface area (Å²) in [4.78, 5) is 37.3. The average Bonchev–Trinajstić information content (AvgIpc) is 3.21. The molecule has 3 aliphatic heterocycles. The van der Waals surface area contributed by atoms with Gasteiger partial charge in [-0.25, -0.2) is 18.6 Å². The van der Waals surface area contributed by atoms with Gasteiger partial charge < -0.3 is 14.7 Å². The van der Waals surface area contributed by atoms with E-state index in [4.69, 9.17) is 4.99 Å². The molecule has 0 radical (unpaired) electrons. The van der Waals surface area contributed by atoms with Crippen molar-refractivity contribution < 1.29 is 18.4 Å². The number of carbonyl (C=O) groups is 2. The molecule has 0 aromatic heterocycles. The van der Waals surface area contributed by atoms with Gasteiger partial charge in [0.05, 0.1) is 0 Å². The fourth-order valence-corrected chi connectivity index (χ4v) is 4.71. The molecular weight excluding hydrogens is 442 g/mol. The summed E-state index contributed by atoms with van der Waals surface area (Å²) in [5, 5.41) is 2.38. The molecule has 2 fully saturated rings. The number of guanidine groups is 1. The number of amides is 3. The lowest BCUT2D eigenvalue weighted by atomic mass is 10.1. The molecule has 2 saturated heterocycles. The van der Waals surface area contributed by atoms with E-state index in [1.165, 1.54) is 23.1 Å². The second-order valence-corrected chi connectivity index (χ2v) is 8.80. The minimum Gasteiger partial charge on any atom is -0.340 e. The summed E-state index contributed by atoms with van der Waals surface area (Å²) < 4.78 is 27.7. The van der Waals surface area contributed by atoms with Crippen LogP contribution in [0.4, 0.5) is 13.6 Å². The summed E-state index contributed by atoms with van der Waals surface area (Å²) in [6, 6.07) is 11.7. The van der Waals surface area contributed by atoms with Crippen molar-refractivity contribution in [1.29, 1.82) is 0 Å². The Hall–Kier alpha value is -3.53. The molecule has 0 saturated carbocycles. The standard InChI is InChI=1S/C24H26F2N6O2/c1-29-21-20(22(33)28-24(29)34)32(15-17-4-2-3-5-19(17)26)23(27-21)31-12-10-30(11-13-31)14-16-6-8-18(25)9-7-16/h2-9,20-21H,10-15H2,1H3,(H,28,33,34). The number of hydrogen-bond donors (Lipinski definition) is 1. The second kappa shape index (κ2) is 9.02. The number of halogens is 2. The van der Waals surface area contributed by atoms with Gasteiger partial charge in [0, 0.05) is 51.9 Å². The Morgan fingerprint density at radius 1 is 0.971 bits per heavy atom. The van der Waals surface area contributed by atoms with Crippen LogP contribution in [-0.2, 0) is 17.9 Å². The number of nitrogens with one attached hydrogen (secondary N) is 1. The lowest BCUT2D eigenvalue weighted by Crippen LogP contribution is -2.64. The average molecular weight is 469 g/mol. The van der Waals surface area contributed by atoms with Crippen LogP contribution in [0.3, 0.4) is 0 Å². The van der Waals surface area contributed by atoms with Gasteiger partial charge in [0.1, 0.15) is 11.6 Å². The van der Waals surface area contributed by atoms with E-state index >= 15 is 0 Å². The fourth-order valence-electron chi connectivity index (χ4n) is 4.71. The molecule has 10 heteroatoms. The number of likely N-dealkylation sites (N-methyl/N-ethyl adjacent to an activating group) is 1. The van der Waals surface area contributed by atoms with E-state index in [1.807, 2.05) is 0 Å². The van der Waals surface area contributed by atoms with E-state index in [1.54, 1.807) is 42.3 Å². The first-order valence-electron chi connectivity index (χ1n) is 11.3. The molecule has 2 atom stereocenters. The Balaban J connectivity index is 1.35. The summed E-state index contributed by atoms with van der Waals surface area (Å²) in [7, 11) is 1.60. The number of urea groups is 1. The van der Waals surface area contributed by atoms with Crippen molar-refractivity contribution in [3.05, 3.63) is 71.3 Å². The number of rotatable bonds is 4. The van der Waals surface area contributed by atoms with Crippen LogP contribution in [-0.4, -0.2) is 82.9 Å². The predicted octanol–water partition coefficient (Wildman–Crippen LogP) is 1.83. The third kappa shape index (κ3) is 4.21. The van der Waals surface area contributed by atoms with E-state index in [9.17, 15) is 18.4 Å². The van der Waals surface area contributed by atoms with Gasteiger partial charge in [0.2, 0.25) is 0 Å². The van der Waals surface area contributed by atoms with Crippen molar-refractivity contribution >= 4 is 17.9 Å². The Kier molecular flexibility index (Phi) is 5.91. The molecular formula is C24H26F2N6O2. The maximum atomic E-state index is 14.5. The number of hydrogen-bond acceptors (Lipinski definition) is 6. The number of aliphatic imine (C=N–C) groups is 1. The van der Waals surface area contributed by atoms with Gasteiger partial charge in [-0.15, -0.1) is 0 Å². The number of carbonyl (C=O) groups excluding carboxylic acids is 2. The summed E-state index contributed by atoms with van der Waals surface area (Å²) in [5.74, 6) is -0.443.